The molecule has 2 heteroatoms. The molecule has 0 aliphatic carbocycles. The van der Waals surface area contributed by atoms with Crippen molar-refractivity contribution in [2.24, 2.45) is 0 Å². The summed E-state index contributed by atoms with van der Waals surface area (Å²) in [6.45, 7) is 2.23. The molecule has 92 valence electrons. The second-order valence-corrected chi connectivity index (χ2v) is 4.04. The Morgan fingerprint density at radius 3 is 2.25 bits per heavy atom. The first kappa shape index (κ1) is 14.9. The molecule has 0 fully saturated rings. The van der Waals surface area contributed by atoms with Crippen molar-refractivity contribution in [1.82, 2.24) is 0 Å². The third kappa shape index (κ3) is 12.9. The zero-order valence-electron chi connectivity index (χ0n) is 10.3. The highest BCUT2D eigenvalue weighted by Gasteiger charge is 1.89. The number of hydrogen-bond acceptors (Lipinski definition) is 1. The molecule has 0 heterocycles. The van der Waals surface area contributed by atoms with E-state index in [1.54, 1.807) is 6.08 Å². The molecule has 0 spiro atoms. The third-order valence-corrected chi connectivity index (χ3v) is 2.46. The van der Waals surface area contributed by atoms with E-state index < -0.39 is 5.97 Å². The van der Waals surface area contributed by atoms with Gasteiger partial charge in [0.1, 0.15) is 0 Å². The molecule has 0 saturated heterocycles. The van der Waals surface area contributed by atoms with Crippen LogP contribution in [0.4, 0.5) is 0 Å². The smallest absolute Gasteiger partial charge is 0.328 e. The van der Waals surface area contributed by atoms with Gasteiger partial charge in [-0.25, -0.2) is 4.79 Å². The largest absolute Gasteiger partial charge is 0.478 e. The quantitative estimate of drug-likeness (QED) is 0.341. The van der Waals surface area contributed by atoms with Crippen molar-refractivity contribution < 1.29 is 9.90 Å². The predicted molar refractivity (Wildman–Crippen MR) is 68.5 cm³/mol. The summed E-state index contributed by atoms with van der Waals surface area (Å²) < 4.78 is 0. The molecule has 0 atom stereocenters. The van der Waals surface area contributed by atoms with Gasteiger partial charge in [0, 0.05) is 6.08 Å². The lowest BCUT2D eigenvalue weighted by Gasteiger charge is -1.98. The van der Waals surface area contributed by atoms with E-state index in [0.717, 1.165) is 12.5 Å². The van der Waals surface area contributed by atoms with Crippen LogP contribution in [-0.2, 0) is 4.79 Å². The second-order valence-electron chi connectivity index (χ2n) is 4.04. The highest BCUT2D eigenvalue weighted by Crippen LogP contribution is 2.08. The van der Waals surface area contributed by atoms with Crippen LogP contribution >= 0.6 is 0 Å². The molecule has 0 rings (SSSR count). The lowest BCUT2D eigenvalue weighted by molar-refractivity contribution is -0.131. The maximum absolute atomic E-state index is 10.1. The van der Waals surface area contributed by atoms with Crippen molar-refractivity contribution in [3.05, 3.63) is 24.3 Å². The summed E-state index contributed by atoms with van der Waals surface area (Å²) in [5.74, 6) is -0.888. The summed E-state index contributed by atoms with van der Waals surface area (Å²) in [5.41, 5.74) is 0. The van der Waals surface area contributed by atoms with Gasteiger partial charge in [-0.1, -0.05) is 63.7 Å². The van der Waals surface area contributed by atoms with E-state index >= 15 is 0 Å². The molecule has 0 bridgehead atoms. The Balaban J connectivity index is 3.17. The number of carbonyl (C=O) groups is 1. The fourth-order valence-corrected chi connectivity index (χ4v) is 1.53. The van der Waals surface area contributed by atoms with Crippen molar-refractivity contribution in [2.75, 3.05) is 0 Å². The van der Waals surface area contributed by atoms with E-state index in [1.165, 1.54) is 44.9 Å². The van der Waals surface area contributed by atoms with Gasteiger partial charge in [-0.3, -0.25) is 0 Å². The molecule has 0 unspecified atom stereocenters. The minimum atomic E-state index is -0.888. The number of aliphatic carboxylic acids is 1. The molecule has 0 aromatic carbocycles. The zero-order valence-corrected chi connectivity index (χ0v) is 10.3. The molecule has 0 amide bonds. The van der Waals surface area contributed by atoms with Crippen LogP contribution in [0.3, 0.4) is 0 Å². The Labute approximate surface area is 99.1 Å². The highest BCUT2D eigenvalue weighted by atomic mass is 16.4. The van der Waals surface area contributed by atoms with Gasteiger partial charge in [0.15, 0.2) is 0 Å². The van der Waals surface area contributed by atoms with Crippen molar-refractivity contribution in [3.8, 4) is 0 Å². The van der Waals surface area contributed by atoms with Crippen LogP contribution in [0.5, 0.6) is 0 Å². The lowest BCUT2D eigenvalue weighted by Crippen LogP contribution is -1.84. The number of allylic oxidation sites excluding steroid dienone is 3. The van der Waals surface area contributed by atoms with Crippen LogP contribution < -0.4 is 0 Å². The second kappa shape index (κ2) is 12.0. The van der Waals surface area contributed by atoms with Crippen molar-refractivity contribution in [1.29, 1.82) is 0 Å². The molecule has 0 radical (unpaired) electrons. The predicted octanol–water partition coefficient (Wildman–Crippen LogP) is 4.32. The first-order valence-corrected chi connectivity index (χ1v) is 6.33. The van der Waals surface area contributed by atoms with Gasteiger partial charge in [-0.05, 0) is 12.8 Å². The lowest BCUT2D eigenvalue weighted by atomic mass is 10.1. The summed E-state index contributed by atoms with van der Waals surface area (Å²) in [4.78, 5) is 10.1. The molecule has 16 heavy (non-hydrogen) atoms. The topological polar surface area (TPSA) is 37.3 Å². The van der Waals surface area contributed by atoms with Crippen LogP contribution in [0.2, 0.25) is 0 Å². The first-order chi connectivity index (χ1) is 7.77. The number of hydrogen-bond donors (Lipinski definition) is 1. The van der Waals surface area contributed by atoms with Gasteiger partial charge in [0.2, 0.25) is 0 Å². The average Bonchev–Trinajstić information content (AvgIpc) is 2.25. The van der Waals surface area contributed by atoms with Gasteiger partial charge >= 0.3 is 5.97 Å². The van der Waals surface area contributed by atoms with Crippen LogP contribution in [0.15, 0.2) is 24.3 Å². The van der Waals surface area contributed by atoms with E-state index in [0.29, 0.717) is 0 Å². The third-order valence-electron chi connectivity index (χ3n) is 2.46. The summed E-state index contributed by atoms with van der Waals surface area (Å²) in [7, 11) is 0. The zero-order chi connectivity index (χ0) is 12.1. The maximum atomic E-state index is 10.1. The SMILES string of the molecule is CCCCCCCCCC=CC=CC(=O)O. The van der Waals surface area contributed by atoms with E-state index in [2.05, 4.69) is 6.92 Å². The summed E-state index contributed by atoms with van der Waals surface area (Å²) in [5, 5.41) is 8.34. The molecule has 0 aromatic rings. The Bertz CT molecular complexity index is 217. The monoisotopic (exact) mass is 224 g/mol. The van der Waals surface area contributed by atoms with E-state index in [1.807, 2.05) is 12.2 Å². The maximum Gasteiger partial charge on any atom is 0.328 e. The van der Waals surface area contributed by atoms with Gasteiger partial charge in [0.25, 0.3) is 0 Å². The van der Waals surface area contributed by atoms with Gasteiger partial charge in [-0.2, -0.15) is 0 Å². The minimum Gasteiger partial charge on any atom is -0.478 e. The Morgan fingerprint density at radius 2 is 1.62 bits per heavy atom. The fraction of sp³-hybridized carbons (Fsp3) is 0.643. The van der Waals surface area contributed by atoms with E-state index in [9.17, 15) is 4.79 Å². The van der Waals surface area contributed by atoms with Crippen LogP contribution in [0.25, 0.3) is 0 Å². The normalized spacial score (nSPS) is 11.6. The molecular formula is C14H24O2. The molecule has 1 N–H and O–H groups in total. The summed E-state index contributed by atoms with van der Waals surface area (Å²) >= 11 is 0. The Hall–Kier alpha value is -1.05. The van der Waals surface area contributed by atoms with Gasteiger partial charge in [0.05, 0.1) is 0 Å². The van der Waals surface area contributed by atoms with E-state index in [-0.39, 0.29) is 0 Å². The average molecular weight is 224 g/mol. The Morgan fingerprint density at radius 1 is 1.00 bits per heavy atom. The molecule has 0 saturated carbocycles. The van der Waals surface area contributed by atoms with E-state index in [4.69, 9.17) is 5.11 Å². The first-order valence-electron chi connectivity index (χ1n) is 6.33. The van der Waals surface area contributed by atoms with Crippen molar-refractivity contribution in [2.45, 2.75) is 58.3 Å². The molecule has 0 aliphatic heterocycles. The van der Waals surface area contributed by atoms with Crippen molar-refractivity contribution >= 4 is 5.97 Å². The molecule has 0 aliphatic rings. The molecular weight excluding hydrogens is 200 g/mol. The van der Waals surface area contributed by atoms with Gasteiger partial charge in [-0.15, -0.1) is 0 Å². The number of carboxylic acids is 1. The highest BCUT2D eigenvalue weighted by molar-refractivity contribution is 5.80. The number of rotatable bonds is 10. The van der Waals surface area contributed by atoms with Crippen LogP contribution in [0.1, 0.15) is 58.3 Å². The standard InChI is InChI=1S/C14H24O2/c1-2-3-4-5-6-7-8-9-10-11-12-13-14(15)16/h10-13H,2-9H2,1H3,(H,15,16). The minimum absolute atomic E-state index is 0.888. The fourth-order valence-electron chi connectivity index (χ4n) is 1.53. The summed E-state index contributed by atoms with van der Waals surface area (Å²) in [6, 6.07) is 0. The number of carboxylic acid groups (broad SMARTS) is 1. The van der Waals surface area contributed by atoms with Crippen LogP contribution in [0, 0.1) is 0 Å². The van der Waals surface area contributed by atoms with Crippen molar-refractivity contribution in [3.63, 3.8) is 0 Å². The summed E-state index contributed by atoms with van der Waals surface area (Å²) in [6.07, 6.45) is 16.8. The molecule has 2 nitrogen and oxygen atoms in total. The Kier molecular flexibility index (Phi) is 11.2. The number of unbranched alkanes of at least 4 members (excludes halogenated alkanes) is 7. The van der Waals surface area contributed by atoms with Gasteiger partial charge < -0.3 is 5.11 Å². The van der Waals surface area contributed by atoms with Crippen LogP contribution in [-0.4, -0.2) is 11.1 Å². The molecule has 0 aromatic heterocycles.